The summed E-state index contributed by atoms with van der Waals surface area (Å²) >= 11 is 1.66. The van der Waals surface area contributed by atoms with Crippen molar-refractivity contribution in [3.63, 3.8) is 0 Å². The Morgan fingerprint density at radius 3 is 2.43 bits per heavy atom. The average Bonchev–Trinajstić information content (AvgIpc) is 3.01. The molecule has 23 heavy (non-hydrogen) atoms. The lowest BCUT2D eigenvalue weighted by molar-refractivity contribution is -0.146. The van der Waals surface area contributed by atoms with Crippen molar-refractivity contribution in [2.45, 2.75) is 25.3 Å². The van der Waals surface area contributed by atoms with Crippen molar-refractivity contribution >= 4 is 23.6 Å². The molecular formula is C17H22N2O3S. The molecule has 3 rings (SSSR count). The summed E-state index contributed by atoms with van der Waals surface area (Å²) in [4.78, 5) is 28.6. The SMILES string of the molecule is CC(=O)N1C(C(=O)N2CCOCC2)CSC1c1ccc(C)cc1. The number of morpholine rings is 1. The van der Waals surface area contributed by atoms with Gasteiger partial charge in [-0.05, 0) is 12.5 Å². The molecule has 5 nitrogen and oxygen atoms in total. The van der Waals surface area contributed by atoms with E-state index in [1.807, 2.05) is 36.1 Å². The zero-order valence-electron chi connectivity index (χ0n) is 13.5. The van der Waals surface area contributed by atoms with Crippen LogP contribution in [0.2, 0.25) is 0 Å². The van der Waals surface area contributed by atoms with E-state index in [1.54, 1.807) is 23.6 Å². The van der Waals surface area contributed by atoms with Crippen molar-refractivity contribution in [3.05, 3.63) is 35.4 Å². The highest BCUT2D eigenvalue weighted by Crippen LogP contribution is 2.41. The lowest BCUT2D eigenvalue weighted by Crippen LogP contribution is -2.52. The maximum Gasteiger partial charge on any atom is 0.246 e. The van der Waals surface area contributed by atoms with Gasteiger partial charge in [0.1, 0.15) is 11.4 Å². The van der Waals surface area contributed by atoms with Gasteiger partial charge in [0.15, 0.2) is 0 Å². The first-order valence-corrected chi connectivity index (χ1v) is 8.96. The largest absolute Gasteiger partial charge is 0.378 e. The van der Waals surface area contributed by atoms with Crippen LogP contribution in [0.25, 0.3) is 0 Å². The summed E-state index contributed by atoms with van der Waals surface area (Å²) in [6, 6.07) is 7.81. The molecule has 2 aliphatic rings. The van der Waals surface area contributed by atoms with E-state index in [0.717, 1.165) is 5.56 Å². The van der Waals surface area contributed by atoms with Gasteiger partial charge in [-0.2, -0.15) is 0 Å². The highest BCUT2D eigenvalue weighted by molar-refractivity contribution is 7.99. The summed E-state index contributed by atoms with van der Waals surface area (Å²) < 4.78 is 5.31. The van der Waals surface area contributed by atoms with Crippen LogP contribution in [0.5, 0.6) is 0 Å². The highest BCUT2D eigenvalue weighted by Gasteiger charge is 2.42. The summed E-state index contributed by atoms with van der Waals surface area (Å²) in [5, 5.41) is -0.0805. The summed E-state index contributed by atoms with van der Waals surface area (Å²) in [5.41, 5.74) is 2.26. The average molecular weight is 334 g/mol. The van der Waals surface area contributed by atoms with Gasteiger partial charge in [0.2, 0.25) is 11.8 Å². The first-order valence-electron chi connectivity index (χ1n) is 7.91. The number of hydrogen-bond donors (Lipinski definition) is 0. The summed E-state index contributed by atoms with van der Waals surface area (Å²) in [6.45, 7) is 5.97. The molecule has 2 amide bonds. The Bertz CT molecular complexity index is 584. The standard InChI is InChI=1S/C17H22N2O3S/c1-12-3-5-14(6-4-12)17-19(13(2)20)15(11-23-17)16(21)18-7-9-22-10-8-18/h3-6,15,17H,7-11H2,1-2H3. The van der Waals surface area contributed by atoms with E-state index >= 15 is 0 Å². The third kappa shape index (κ3) is 3.38. The van der Waals surface area contributed by atoms with Crippen LogP contribution in [0.1, 0.15) is 23.4 Å². The topological polar surface area (TPSA) is 49.9 Å². The van der Waals surface area contributed by atoms with Crippen LogP contribution < -0.4 is 0 Å². The molecule has 0 aromatic heterocycles. The normalized spacial score (nSPS) is 24.8. The zero-order chi connectivity index (χ0) is 16.4. The number of thioether (sulfide) groups is 1. The summed E-state index contributed by atoms with van der Waals surface area (Å²) in [7, 11) is 0. The van der Waals surface area contributed by atoms with Crippen molar-refractivity contribution in [2.24, 2.45) is 0 Å². The number of ether oxygens (including phenoxy) is 1. The molecule has 2 unspecified atom stereocenters. The molecule has 0 radical (unpaired) electrons. The van der Waals surface area contributed by atoms with Crippen molar-refractivity contribution in [2.75, 3.05) is 32.1 Å². The van der Waals surface area contributed by atoms with Crippen LogP contribution in [-0.2, 0) is 14.3 Å². The molecule has 0 aliphatic carbocycles. The van der Waals surface area contributed by atoms with Crippen LogP contribution in [-0.4, -0.2) is 59.7 Å². The van der Waals surface area contributed by atoms with Gasteiger partial charge in [-0.25, -0.2) is 0 Å². The Labute approximate surface area is 141 Å². The first kappa shape index (κ1) is 16.3. The third-order valence-corrected chi connectivity index (χ3v) is 5.66. The number of benzene rings is 1. The minimum Gasteiger partial charge on any atom is -0.378 e. The monoisotopic (exact) mass is 334 g/mol. The minimum absolute atomic E-state index is 0.0469. The van der Waals surface area contributed by atoms with E-state index in [9.17, 15) is 9.59 Å². The fourth-order valence-electron chi connectivity index (χ4n) is 3.06. The van der Waals surface area contributed by atoms with Gasteiger partial charge < -0.3 is 14.5 Å². The Morgan fingerprint density at radius 1 is 1.17 bits per heavy atom. The second kappa shape index (κ2) is 6.93. The van der Waals surface area contributed by atoms with Gasteiger partial charge in [0.05, 0.1) is 13.2 Å². The van der Waals surface area contributed by atoms with E-state index in [-0.39, 0.29) is 23.2 Å². The molecule has 2 fully saturated rings. The Kier molecular flexibility index (Phi) is 4.92. The molecule has 2 aliphatic heterocycles. The maximum atomic E-state index is 12.8. The maximum absolute atomic E-state index is 12.8. The molecule has 2 atom stereocenters. The molecule has 1 aromatic carbocycles. The van der Waals surface area contributed by atoms with Crippen LogP contribution in [0.15, 0.2) is 24.3 Å². The van der Waals surface area contributed by atoms with Gasteiger partial charge >= 0.3 is 0 Å². The Morgan fingerprint density at radius 2 is 1.83 bits per heavy atom. The minimum atomic E-state index is -0.373. The van der Waals surface area contributed by atoms with Gasteiger partial charge in [0, 0.05) is 25.8 Å². The number of carbonyl (C=O) groups is 2. The van der Waals surface area contributed by atoms with E-state index < -0.39 is 0 Å². The Balaban J connectivity index is 1.80. The third-order valence-electron chi connectivity index (χ3n) is 4.33. The lowest BCUT2D eigenvalue weighted by Gasteiger charge is -2.33. The predicted molar refractivity (Wildman–Crippen MR) is 90.1 cm³/mol. The predicted octanol–water partition coefficient (Wildman–Crippen LogP) is 1.82. The number of hydrogen-bond acceptors (Lipinski definition) is 4. The molecule has 0 bridgehead atoms. The van der Waals surface area contributed by atoms with Crippen LogP contribution >= 0.6 is 11.8 Å². The number of amides is 2. The van der Waals surface area contributed by atoms with Crippen molar-refractivity contribution in [1.82, 2.24) is 9.80 Å². The number of aryl methyl sites for hydroxylation is 1. The van der Waals surface area contributed by atoms with Crippen LogP contribution in [0, 0.1) is 6.92 Å². The van der Waals surface area contributed by atoms with E-state index in [1.165, 1.54) is 5.56 Å². The second-order valence-electron chi connectivity index (χ2n) is 5.98. The molecule has 2 heterocycles. The second-order valence-corrected chi connectivity index (χ2v) is 7.09. The molecular weight excluding hydrogens is 312 g/mol. The van der Waals surface area contributed by atoms with E-state index in [2.05, 4.69) is 0 Å². The fraction of sp³-hybridized carbons (Fsp3) is 0.529. The van der Waals surface area contributed by atoms with E-state index in [4.69, 9.17) is 4.74 Å². The molecule has 0 N–H and O–H groups in total. The van der Waals surface area contributed by atoms with Crippen LogP contribution in [0.4, 0.5) is 0 Å². The molecule has 1 aromatic rings. The van der Waals surface area contributed by atoms with Gasteiger partial charge in [-0.15, -0.1) is 11.8 Å². The summed E-state index contributed by atoms with van der Waals surface area (Å²) in [5.74, 6) is 0.645. The van der Waals surface area contributed by atoms with Crippen molar-refractivity contribution < 1.29 is 14.3 Å². The number of rotatable bonds is 2. The van der Waals surface area contributed by atoms with Gasteiger partial charge in [-0.3, -0.25) is 9.59 Å². The zero-order valence-corrected chi connectivity index (χ0v) is 14.3. The number of carbonyl (C=O) groups excluding carboxylic acids is 2. The quantitative estimate of drug-likeness (QED) is 0.828. The molecule has 0 spiro atoms. The highest BCUT2D eigenvalue weighted by atomic mass is 32.2. The lowest BCUT2D eigenvalue weighted by atomic mass is 10.1. The number of nitrogens with zero attached hydrogens (tertiary/aromatic N) is 2. The summed E-state index contributed by atoms with van der Waals surface area (Å²) in [6.07, 6.45) is 0. The van der Waals surface area contributed by atoms with E-state index in [0.29, 0.717) is 32.1 Å². The van der Waals surface area contributed by atoms with Crippen LogP contribution in [0.3, 0.4) is 0 Å². The van der Waals surface area contributed by atoms with Gasteiger partial charge in [0.25, 0.3) is 0 Å². The van der Waals surface area contributed by atoms with Crippen molar-refractivity contribution in [3.8, 4) is 0 Å². The molecule has 6 heteroatoms. The van der Waals surface area contributed by atoms with Crippen molar-refractivity contribution in [1.29, 1.82) is 0 Å². The van der Waals surface area contributed by atoms with Gasteiger partial charge in [-0.1, -0.05) is 29.8 Å². The first-order chi connectivity index (χ1) is 11.1. The molecule has 2 saturated heterocycles. The Hall–Kier alpha value is -1.53. The molecule has 124 valence electrons. The fourth-order valence-corrected chi connectivity index (χ4v) is 4.54. The molecule has 0 saturated carbocycles. The smallest absolute Gasteiger partial charge is 0.246 e.